The average Bonchev–Trinajstić information content (AvgIpc) is 3.22. The van der Waals surface area contributed by atoms with E-state index >= 15 is 0 Å². The molecule has 1 unspecified atom stereocenters. The minimum atomic E-state index is -3.61. The zero-order valence-corrected chi connectivity index (χ0v) is 16.0. The molecule has 0 aliphatic carbocycles. The molecule has 0 bridgehead atoms. The predicted octanol–water partition coefficient (Wildman–Crippen LogP) is 3.12. The molecule has 1 N–H and O–H groups in total. The Balaban J connectivity index is 2.10. The fraction of sp³-hybridized carbons (Fsp3) is 0.250. The summed E-state index contributed by atoms with van der Waals surface area (Å²) in [5, 5.41) is 3.04. The maximum atomic E-state index is 12.8. The smallest absolute Gasteiger partial charge is 0.340 e. The van der Waals surface area contributed by atoms with E-state index in [2.05, 4.69) is 5.32 Å². The number of rotatable bonds is 6. The Hall–Kier alpha value is -2.80. The van der Waals surface area contributed by atoms with Crippen LogP contribution in [0.3, 0.4) is 0 Å². The number of sulfone groups is 1. The van der Waals surface area contributed by atoms with E-state index in [-0.39, 0.29) is 22.1 Å². The van der Waals surface area contributed by atoms with Crippen molar-refractivity contribution in [2.24, 2.45) is 0 Å². The van der Waals surface area contributed by atoms with Crippen LogP contribution in [0.25, 0.3) is 0 Å². The second-order valence-corrected chi connectivity index (χ2v) is 8.14. The molecule has 0 fully saturated rings. The molecule has 0 radical (unpaired) electrons. The number of ether oxygens (including phenoxy) is 2. The normalized spacial score (nSPS) is 16.0. The molecule has 1 aliphatic heterocycles. The third-order valence-corrected chi connectivity index (χ3v) is 6.18. The lowest BCUT2D eigenvalue weighted by molar-refractivity contribution is 0.0601. The zero-order valence-electron chi connectivity index (χ0n) is 15.1. The van der Waals surface area contributed by atoms with Crippen molar-refractivity contribution in [1.29, 1.82) is 0 Å². The first-order chi connectivity index (χ1) is 13.0. The Morgan fingerprint density at radius 3 is 2.56 bits per heavy atom. The quantitative estimate of drug-likeness (QED) is 0.767. The third-order valence-electron chi connectivity index (χ3n) is 4.49. The summed E-state index contributed by atoms with van der Waals surface area (Å²) in [5.74, 6) is -0.897. The Morgan fingerprint density at radius 2 is 1.96 bits per heavy atom. The molecule has 2 aromatic carbocycles. The molecular formula is C20H21NO5S. The lowest BCUT2D eigenvalue weighted by Gasteiger charge is -2.19. The summed E-state index contributed by atoms with van der Waals surface area (Å²) < 4.78 is 35.8. The van der Waals surface area contributed by atoms with Crippen LogP contribution in [0.5, 0.6) is 0 Å². The van der Waals surface area contributed by atoms with Crippen LogP contribution in [0, 0.1) is 0 Å². The zero-order chi connectivity index (χ0) is 19.4. The lowest BCUT2D eigenvalue weighted by atomic mass is 9.93. The summed E-state index contributed by atoms with van der Waals surface area (Å²) in [6.07, 6.45) is 3.52. The van der Waals surface area contributed by atoms with Crippen LogP contribution in [0.4, 0.5) is 5.69 Å². The molecule has 0 spiro atoms. The highest BCUT2D eigenvalue weighted by Crippen LogP contribution is 2.35. The Labute approximate surface area is 158 Å². The summed E-state index contributed by atoms with van der Waals surface area (Å²) in [7, 11) is -0.634. The van der Waals surface area contributed by atoms with Gasteiger partial charge in [0.25, 0.3) is 0 Å². The van der Waals surface area contributed by atoms with Gasteiger partial charge in [-0.25, -0.2) is 13.2 Å². The van der Waals surface area contributed by atoms with Crippen molar-refractivity contribution < 1.29 is 22.7 Å². The van der Waals surface area contributed by atoms with Gasteiger partial charge in [0.05, 0.1) is 41.9 Å². The first-order valence-electron chi connectivity index (χ1n) is 8.46. The molecule has 1 heterocycles. The highest BCUT2D eigenvalue weighted by molar-refractivity contribution is 7.90. The van der Waals surface area contributed by atoms with Gasteiger partial charge >= 0.3 is 5.97 Å². The van der Waals surface area contributed by atoms with Gasteiger partial charge < -0.3 is 14.8 Å². The lowest BCUT2D eigenvalue weighted by Crippen LogP contribution is -2.16. The van der Waals surface area contributed by atoms with Crippen LogP contribution >= 0.6 is 0 Å². The first-order valence-corrected chi connectivity index (χ1v) is 10.1. The molecule has 0 saturated heterocycles. The predicted molar refractivity (Wildman–Crippen MR) is 102 cm³/mol. The maximum Gasteiger partial charge on any atom is 0.340 e. The van der Waals surface area contributed by atoms with Crippen LogP contribution < -0.4 is 5.32 Å². The highest BCUT2D eigenvalue weighted by atomic mass is 32.2. The van der Waals surface area contributed by atoms with Gasteiger partial charge in [0.15, 0.2) is 9.84 Å². The van der Waals surface area contributed by atoms with Crippen LogP contribution in [0.15, 0.2) is 59.7 Å². The van der Waals surface area contributed by atoms with Gasteiger partial charge in [-0.1, -0.05) is 30.3 Å². The van der Waals surface area contributed by atoms with Crippen molar-refractivity contribution in [2.75, 3.05) is 26.1 Å². The molecule has 3 rings (SSSR count). The molecule has 6 nitrogen and oxygen atoms in total. The van der Waals surface area contributed by atoms with E-state index in [4.69, 9.17) is 9.47 Å². The summed E-state index contributed by atoms with van der Waals surface area (Å²) in [6, 6.07) is 11.7. The monoisotopic (exact) mass is 387 g/mol. The largest absolute Gasteiger partial charge is 0.501 e. The molecule has 2 aromatic rings. The van der Waals surface area contributed by atoms with Gasteiger partial charge in [0.1, 0.15) is 0 Å². The van der Waals surface area contributed by atoms with Gasteiger partial charge in [-0.3, -0.25) is 0 Å². The molecule has 0 aromatic heterocycles. The molecule has 1 atom stereocenters. The number of hydrogen-bond acceptors (Lipinski definition) is 6. The number of methoxy groups -OCH3 is 1. The summed E-state index contributed by atoms with van der Waals surface area (Å²) >= 11 is 0. The van der Waals surface area contributed by atoms with Gasteiger partial charge in [-0.05, 0) is 29.3 Å². The van der Waals surface area contributed by atoms with Crippen molar-refractivity contribution in [1.82, 2.24) is 0 Å². The van der Waals surface area contributed by atoms with Crippen molar-refractivity contribution >= 4 is 21.5 Å². The Morgan fingerprint density at radius 1 is 1.22 bits per heavy atom. The van der Waals surface area contributed by atoms with E-state index in [1.807, 2.05) is 12.1 Å². The molecule has 1 aliphatic rings. The summed E-state index contributed by atoms with van der Waals surface area (Å²) in [4.78, 5) is 12.7. The number of benzene rings is 2. The minimum absolute atomic E-state index is 0.0179. The summed E-state index contributed by atoms with van der Waals surface area (Å²) in [5.41, 5.74) is 2.04. The van der Waals surface area contributed by atoms with Crippen LogP contribution in [0.1, 0.15) is 27.4 Å². The van der Waals surface area contributed by atoms with Crippen LogP contribution in [0.2, 0.25) is 0 Å². The maximum absolute atomic E-state index is 12.8. The molecule has 7 heteroatoms. The average molecular weight is 387 g/mol. The van der Waals surface area contributed by atoms with Crippen LogP contribution in [-0.2, 0) is 25.1 Å². The van der Waals surface area contributed by atoms with E-state index in [9.17, 15) is 13.2 Å². The molecule has 27 heavy (non-hydrogen) atoms. The van der Waals surface area contributed by atoms with Gasteiger partial charge in [-0.15, -0.1) is 0 Å². The minimum Gasteiger partial charge on any atom is -0.501 e. The number of anilines is 1. The van der Waals surface area contributed by atoms with E-state index < -0.39 is 15.8 Å². The third kappa shape index (κ3) is 3.83. The molecule has 0 amide bonds. The second-order valence-electron chi connectivity index (χ2n) is 6.15. The Bertz CT molecular complexity index is 967. The van der Waals surface area contributed by atoms with Crippen molar-refractivity contribution in [3.8, 4) is 0 Å². The van der Waals surface area contributed by atoms with E-state index in [1.165, 1.54) is 7.11 Å². The number of hydrogen-bond donors (Lipinski definition) is 1. The Kier molecular flexibility index (Phi) is 5.51. The second kappa shape index (κ2) is 7.84. The molecule has 142 valence electrons. The van der Waals surface area contributed by atoms with Gasteiger partial charge in [0.2, 0.25) is 0 Å². The number of carbonyl (C=O) groups excluding carboxylic acids is 1. The summed E-state index contributed by atoms with van der Waals surface area (Å²) in [6.45, 7) is 0.469. The molecular weight excluding hydrogens is 366 g/mol. The fourth-order valence-electron chi connectivity index (χ4n) is 3.17. The number of esters is 1. The van der Waals surface area contributed by atoms with Crippen molar-refractivity contribution in [2.45, 2.75) is 16.6 Å². The van der Waals surface area contributed by atoms with E-state index in [0.717, 1.165) is 5.56 Å². The van der Waals surface area contributed by atoms with E-state index in [1.54, 1.807) is 49.7 Å². The number of carbonyl (C=O) groups is 1. The standard InChI is InChI=1S/C20H21NO5S/c1-21-19-17(14-10-11-26-12-14)9-8-15(18(19)20(22)25-2)13-27(23,24)16-6-4-3-5-7-16/h3-11,14,21H,12-13H2,1-2H3. The topological polar surface area (TPSA) is 81.7 Å². The molecule has 0 saturated carbocycles. The van der Waals surface area contributed by atoms with E-state index in [0.29, 0.717) is 17.9 Å². The SMILES string of the molecule is CNc1c(C2C=COC2)ccc(CS(=O)(=O)c2ccccc2)c1C(=O)OC. The fourth-order valence-corrected chi connectivity index (χ4v) is 4.56. The van der Waals surface area contributed by atoms with Crippen LogP contribution in [-0.4, -0.2) is 35.2 Å². The number of nitrogens with one attached hydrogen (secondary N) is 1. The highest BCUT2D eigenvalue weighted by Gasteiger charge is 2.27. The van der Waals surface area contributed by atoms with Crippen molar-refractivity contribution in [3.05, 3.63) is 71.5 Å². The van der Waals surface area contributed by atoms with Gasteiger partial charge in [0, 0.05) is 13.0 Å². The first kappa shape index (κ1) is 19.0. The van der Waals surface area contributed by atoms with Crippen molar-refractivity contribution in [3.63, 3.8) is 0 Å². The van der Waals surface area contributed by atoms with Gasteiger partial charge in [-0.2, -0.15) is 0 Å².